The SMILES string of the molecule is COC(=O)CCCCCCC[C@@H]1O[C@H]1CCCCCCOC(C)=O. The summed E-state index contributed by atoms with van der Waals surface area (Å²) in [6.07, 6.45) is 14.0. The Kier molecular flexibility index (Phi) is 11.5. The standard InChI is InChI=1S/C19H34O5/c1-16(20)23-15-11-7-6-9-13-18-17(24-18)12-8-4-3-5-10-14-19(21)22-2/h17-18H,3-15H2,1-2H3/t17-,18-/m0/s1. The number of rotatable bonds is 15. The molecular formula is C19H34O5. The van der Waals surface area contributed by atoms with Crippen molar-refractivity contribution < 1.29 is 23.8 Å². The molecule has 0 unspecified atom stereocenters. The normalized spacial score (nSPS) is 19.1. The molecule has 24 heavy (non-hydrogen) atoms. The van der Waals surface area contributed by atoms with Crippen LogP contribution in [0.25, 0.3) is 0 Å². The lowest BCUT2D eigenvalue weighted by Gasteiger charge is -2.02. The molecule has 0 aromatic heterocycles. The molecule has 5 heteroatoms. The van der Waals surface area contributed by atoms with Crippen molar-refractivity contribution in [3.63, 3.8) is 0 Å². The van der Waals surface area contributed by atoms with Crippen LogP contribution in [0.1, 0.15) is 84.0 Å². The van der Waals surface area contributed by atoms with Gasteiger partial charge in [-0.05, 0) is 25.7 Å². The monoisotopic (exact) mass is 342 g/mol. The summed E-state index contributed by atoms with van der Waals surface area (Å²) < 4.78 is 15.3. The highest BCUT2D eigenvalue weighted by molar-refractivity contribution is 5.68. The van der Waals surface area contributed by atoms with Crippen LogP contribution in [0.2, 0.25) is 0 Å². The van der Waals surface area contributed by atoms with Crippen molar-refractivity contribution in [1.29, 1.82) is 0 Å². The average molecular weight is 342 g/mol. The molecule has 1 aliphatic heterocycles. The predicted molar refractivity (Wildman–Crippen MR) is 92.7 cm³/mol. The molecule has 0 aromatic carbocycles. The molecule has 2 atom stereocenters. The van der Waals surface area contributed by atoms with Crippen LogP contribution in [0.15, 0.2) is 0 Å². The van der Waals surface area contributed by atoms with Crippen molar-refractivity contribution >= 4 is 11.9 Å². The molecule has 0 bridgehead atoms. The first kappa shape index (κ1) is 20.9. The topological polar surface area (TPSA) is 65.1 Å². The Morgan fingerprint density at radius 2 is 1.38 bits per heavy atom. The van der Waals surface area contributed by atoms with Gasteiger partial charge in [-0.2, -0.15) is 0 Å². The molecule has 1 rings (SSSR count). The fourth-order valence-corrected chi connectivity index (χ4v) is 2.95. The highest BCUT2D eigenvalue weighted by atomic mass is 16.6. The van der Waals surface area contributed by atoms with E-state index in [1.165, 1.54) is 52.6 Å². The summed E-state index contributed by atoms with van der Waals surface area (Å²) in [7, 11) is 1.44. The van der Waals surface area contributed by atoms with Crippen molar-refractivity contribution in [3.05, 3.63) is 0 Å². The van der Waals surface area contributed by atoms with Gasteiger partial charge in [-0.1, -0.05) is 44.9 Å². The summed E-state index contributed by atoms with van der Waals surface area (Å²) >= 11 is 0. The van der Waals surface area contributed by atoms with Gasteiger partial charge in [-0.25, -0.2) is 0 Å². The van der Waals surface area contributed by atoms with E-state index in [1.54, 1.807) is 0 Å². The molecule has 1 heterocycles. The Bertz CT molecular complexity index is 356. The van der Waals surface area contributed by atoms with Crippen LogP contribution in [0.4, 0.5) is 0 Å². The number of epoxide rings is 1. The number of carbonyl (C=O) groups excluding carboxylic acids is 2. The van der Waals surface area contributed by atoms with E-state index in [9.17, 15) is 9.59 Å². The van der Waals surface area contributed by atoms with Gasteiger partial charge in [-0.3, -0.25) is 9.59 Å². The van der Waals surface area contributed by atoms with Crippen LogP contribution in [-0.2, 0) is 23.8 Å². The molecule has 1 fully saturated rings. The van der Waals surface area contributed by atoms with Gasteiger partial charge in [0, 0.05) is 13.3 Å². The number of unbranched alkanes of at least 4 members (excludes halogenated alkanes) is 7. The summed E-state index contributed by atoms with van der Waals surface area (Å²) in [6, 6.07) is 0. The Labute approximate surface area is 146 Å². The van der Waals surface area contributed by atoms with Crippen molar-refractivity contribution in [2.45, 2.75) is 96.2 Å². The van der Waals surface area contributed by atoms with Gasteiger partial charge in [0.2, 0.25) is 0 Å². The number of hydrogen-bond donors (Lipinski definition) is 0. The molecular weight excluding hydrogens is 308 g/mol. The van der Waals surface area contributed by atoms with Gasteiger partial charge in [-0.15, -0.1) is 0 Å². The van der Waals surface area contributed by atoms with E-state index >= 15 is 0 Å². The van der Waals surface area contributed by atoms with Crippen molar-refractivity contribution in [2.75, 3.05) is 13.7 Å². The number of methoxy groups -OCH3 is 1. The molecule has 1 saturated heterocycles. The predicted octanol–water partition coefficient (Wildman–Crippen LogP) is 4.17. The molecule has 1 aliphatic rings. The van der Waals surface area contributed by atoms with E-state index in [-0.39, 0.29) is 11.9 Å². The summed E-state index contributed by atoms with van der Waals surface area (Å²) in [6.45, 7) is 2.00. The van der Waals surface area contributed by atoms with Gasteiger partial charge in [0.1, 0.15) is 0 Å². The first-order valence-electron chi connectivity index (χ1n) is 9.49. The minimum atomic E-state index is -0.187. The second-order valence-electron chi connectivity index (χ2n) is 6.64. The van der Waals surface area contributed by atoms with Crippen LogP contribution in [-0.4, -0.2) is 37.9 Å². The van der Waals surface area contributed by atoms with E-state index in [2.05, 4.69) is 4.74 Å². The fraction of sp³-hybridized carbons (Fsp3) is 0.895. The van der Waals surface area contributed by atoms with Crippen LogP contribution in [0.3, 0.4) is 0 Å². The van der Waals surface area contributed by atoms with Gasteiger partial charge in [0.05, 0.1) is 25.9 Å². The molecule has 0 amide bonds. The number of hydrogen-bond acceptors (Lipinski definition) is 5. The quantitative estimate of drug-likeness (QED) is 0.254. The van der Waals surface area contributed by atoms with Gasteiger partial charge >= 0.3 is 11.9 Å². The third-order valence-corrected chi connectivity index (χ3v) is 4.47. The van der Waals surface area contributed by atoms with Crippen LogP contribution in [0, 0.1) is 0 Å². The fourth-order valence-electron chi connectivity index (χ4n) is 2.95. The number of carbonyl (C=O) groups is 2. The zero-order valence-corrected chi connectivity index (χ0v) is 15.4. The zero-order valence-electron chi connectivity index (χ0n) is 15.4. The van der Waals surface area contributed by atoms with Gasteiger partial charge in [0.25, 0.3) is 0 Å². The lowest BCUT2D eigenvalue weighted by Crippen LogP contribution is -2.00. The van der Waals surface area contributed by atoms with Crippen LogP contribution >= 0.6 is 0 Å². The Morgan fingerprint density at radius 3 is 1.96 bits per heavy atom. The van der Waals surface area contributed by atoms with E-state index in [1.807, 2.05) is 0 Å². The summed E-state index contributed by atoms with van der Waals surface area (Å²) in [5.74, 6) is -0.289. The lowest BCUT2D eigenvalue weighted by molar-refractivity contribution is -0.141. The van der Waals surface area contributed by atoms with E-state index < -0.39 is 0 Å². The highest BCUT2D eigenvalue weighted by Gasteiger charge is 2.36. The summed E-state index contributed by atoms with van der Waals surface area (Å²) in [4.78, 5) is 21.6. The van der Waals surface area contributed by atoms with Crippen molar-refractivity contribution in [1.82, 2.24) is 0 Å². The Balaban J connectivity index is 1.78. The Morgan fingerprint density at radius 1 is 0.833 bits per heavy atom. The third kappa shape index (κ3) is 11.4. The minimum Gasteiger partial charge on any atom is -0.469 e. The Hall–Kier alpha value is -1.10. The number of esters is 2. The third-order valence-electron chi connectivity index (χ3n) is 4.47. The van der Waals surface area contributed by atoms with Gasteiger partial charge in [0.15, 0.2) is 0 Å². The maximum Gasteiger partial charge on any atom is 0.305 e. The molecule has 0 saturated carbocycles. The van der Waals surface area contributed by atoms with E-state index in [0.29, 0.717) is 25.2 Å². The molecule has 0 spiro atoms. The smallest absolute Gasteiger partial charge is 0.305 e. The molecule has 140 valence electrons. The first-order chi connectivity index (χ1) is 11.6. The molecule has 0 N–H and O–H groups in total. The zero-order chi connectivity index (χ0) is 17.6. The average Bonchev–Trinajstić information content (AvgIpc) is 3.30. The molecule has 0 aromatic rings. The molecule has 0 aliphatic carbocycles. The van der Waals surface area contributed by atoms with Crippen LogP contribution < -0.4 is 0 Å². The minimum absolute atomic E-state index is 0.101. The summed E-state index contributed by atoms with van der Waals surface area (Å²) in [5.41, 5.74) is 0. The first-order valence-corrected chi connectivity index (χ1v) is 9.49. The number of ether oxygens (including phenoxy) is 3. The summed E-state index contributed by atoms with van der Waals surface area (Å²) in [5, 5.41) is 0. The molecule has 0 radical (unpaired) electrons. The van der Waals surface area contributed by atoms with Crippen LogP contribution in [0.5, 0.6) is 0 Å². The second-order valence-corrected chi connectivity index (χ2v) is 6.64. The maximum absolute atomic E-state index is 11.0. The maximum atomic E-state index is 11.0. The largest absolute Gasteiger partial charge is 0.469 e. The van der Waals surface area contributed by atoms with E-state index in [4.69, 9.17) is 9.47 Å². The highest BCUT2D eigenvalue weighted by Crippen LogP contribution is 2.31. The van der Waals surface area contributed by atoms with Gasteiger partial charge < -0.3 is 14.2 Å². The lowest BCUT2D eigenvalue weighted by atomic mass is 10.0. The van der Waals surface area contributed by atoms with Crippen molar-refractivity contribution in [3.8, 4) is 0 Å². The van der Waals surface area contributed by atoms with E-state index in [0.717, 1.165) is 32.1 Å². The molecule has 5 nitrogen and oxygen atoms in total. The van der Waals surface area contributed by atoms with Crippen molar-refractivity contribution in [2.24, 2.45) is 0 Å². The second kappa shape index (κ2) is 13.2.